The quantitative estimate of drug-likeness (QED) is 0.691. The van der Waals surface area contributed by atoms with Crippen LogP contribution >= 0.6 is 0 Å². The minimum Gasteiger partial charge on any atom is -0.481 e. The summed E-state index contributed by atoms with van der Waals surface area (Å²) < 4.78 is 0. The van der Waals surface area contributed by atoms with Crippen LogP contribution in [-0.4, -0.2) is 65.5 Å². The van der Waals surface area contributed by atoms with Crippen molar-refractivity contribution in [3.8, 4) is 0 Å². The summed E-state index contributed by atoms with van der Waals surface area (Å²) in [5, 5.41) is 8.68. The molecule has 0 bridgehead atoms. The van der Waals surface area contributed by atoms with Gasteiger partial charge in [-0.1, -0.05) is 13.3 Å². The molecule has 0 aromatic rings. The number of hydrogen-bond donors (Lipinski definition) is 2. The Hall–Kier alpha value is -1.14. The van der Waals surface area contributed by atoms with Gasteiger partial charge in [0.2, 0.25) is 5.91 Å². The molecule has 1 amide bonds. The van der Waals surface area contributed by atoms with E-state index in [0.29, 0.717) is 19.6 Å². The van der Waals surface area contributed by atoms with Crippen LogP contribution in [0.3, 0.4) is 0 Å². The van der Waals surface area contributed by atoms with E-state index in [0.717, 1.165) is 32.4 Å². The highest BCUT2D eigenvalue weighted by atomic mass is 16.4. The van der Waals surface area contributed by atoms with Crippen LogP contribution in [0.25, 0.3) is 0 Å². The number of piperazine rings is 1. The minimum atomic E-state index is -0.767. The zero-order valence-corrected chi connectivity index (χ0v) is 13.3. The highest BCUT2D eigenvalue weighted by Gasteiger charge is 2.24. The molecule has 0 saturated carbocycles. The van der Waals surface area contributed by atoms with Gasteiger partial charge < -0.3 is 15.7 Å². The Kier molecular flexibility index (Phi) is 7.67. The number of nitrogens with zero attached hydrogens (tertiary/aromatic N) is 2. The van der Waals surface area contributed by atoms with Gasteiger partial charge >= 0.3 is 5.97 Å². The van der Waals surface area contributed by atoms with Crippen molar-refractivity contribution in [1.82, 2.24) is 9.80 Å². The normalized spacial score (nSPS) is 19.3. The minimum absolute atomic E-state index is 0.0503. The summed E-state index contributed by atoms with van der Waals surface area (Å²) in [4.78, 5) is 26.9. The molecule has 0 aliphatic carbocycles. The molecule has 0 aromatic carbocycles. The summed E-state index contributed by atoms with van der Waals surface area (Å²) in [5.74, 6) is -0.497. The highest BCUT2D eigenvalue weighted by molar-refractivity contribution is 5.78. The Balaban J connectivity index is 2.26. The molecule has 2 unspecified atom stereocenters. The lowest BCUT2D eigenvalue weighted by Crippen LogP contribution is -2.50. The predicted molar refractivity (Wildman–Crippen MR) is 81.9 cm³/mol. The SMILES string of the molecule is CC(N)CCCC(C)C(=O)N1CCN(CCC(=O)O)CC1. The molecular weight excluding hydrogens is 270 g/mol. The summed E-state index contributed by atoms with van der Waals surface area (Å²) in [6, 6.07) is 0.199. The van der Waals surface area contributed by atoms with Crippen molar-refractivity contribution in [2.75, 3.05) is 32.7 Å². The zero-order chi connectivity index (χ0) is 15.8. The van der Waals surface area contributed by atoms with Crippen LogP contribution in [0.15, 0.2) is 0 Å². The molecule has 1 rings (SSSR count). The second-order valence-corrected chi connectivity index (χ2v) is 6.12. The molecule has 122 valence electrons. The average molecular weight is 299 g/mol. The van der Waals surface area contributed by atoms with Gasteiger partial charge in [-0.15, -0.1) is 0 Å². The van der Waals surface area contributed by atoms with Gasteiger partial charge in [-0.25, -0.2) is 0 Å². The zero-order valence-electron chi connectivity index (χ0n) is 13.3. The second-order valence-electron chi connectivity index (χ2n) is 6.12. The van der Waals surface area contributed by atoms with E-state index in [1.807, 2.05) is 18.7 Å². The standard InChI is InChI=1S/C15H29N3O3/c1-12(4-3-5-13(2)16)15(21)18-10-8-17(9-11-18)7-6-14(19)20/h12-13H,3-11,16H2,1-2H3,(H,19,20). The van der Waals surface area contributed by atoms with Gasteiger partial charge in [0.1, 0.15) is 0 Å². The van der Waals surface area contributed by atoms with E-state index in [2.05, 4.69) is 4.90 Å². The molecule has 1 aliphatic rings. The molecule has 0 radical (unpaired) electrons. The number of aliphatic carboxylic acids is 1. The second kappa shape index (κ2) is 9.00. The maximum absolute atomic E-state index is 12.3. The van der Waals surface area contributed by atoms with Crippen molar-refractivity contribution in [3.05, 3.63) is 0 Å². The predicted octanol–water partition coefficient (Wildman–Crippen LogP) is 0.759. The van der Waals surface area contributed by atoms with Crippen molar-refractivity contribution >= 4 is 11.9 Å². The molecule has 1 heterocycles. The Morgan fingerprint density at radius 2 is 1.76 bits per heavy atom. The monoisotopic (exact) mass is 299 g/mol. The third-order valence-corrected chi connectivity index (χ3v) is 4.04. The Morgan fingerprint density at radius 3 is 2.29 bits per heavy atom. The van der Waals surface area contributed by atoms with Crippen molar-refractivity contribution in [3.63, 3.8) is 0 Å². The molecule has 21 heavy (non-hydrogen) atoms. The number of rotatable bonds is 8. The van der Waals surface area contributed by atoms with Crippen molar-refractivity contribution in [2.45, 2.75) is 45.6 Å². The van der Waals surface area contributed by atoms with Crippen LogP contribution in [0, 0.1) is 5.92 Å². The molecule has 1 saturated heterocycles. The molecule has 2 atom stereocenters. The van der Waals surface area contributed by atoms with Gasteiger partial charge in [0.25, 0.3) is 0 Å². The number of nitrogens with two attached hydrogens (primary N) is 1. The molecule has 0 aromatic heterocycles. The number of carboxylic acid groups (broad SMARTS) is 1. The first kappa shape index (κ1) is 17.9. The van der Waals surface area contributed by atoms with E-state index in [1.165, 1.54) is 0 Å². The largest absolute Gasteiger partial charge is 0.481 e. The van der Waals surface area contributed by atoms with Gasteiger partial charge in [0, 0.05) is 44.7 Å². The molecule has 0 spiro atoms. The van der Waals surface area contributed by atoms with Crippen molar-refractivity contribution in [2.24, 2.45) is 11.7 Å². The number of carbonyl (C=O) groups excluding carboxylic acids is 1. The van der Waals surface area contributed by atoms with Crippen LogP contribution in [-0.2, 0) is 9.59 Å². The molecule has 1 fully saturated rings. The number of hydrogen-bond acceptors (Lipinski definition) is 4. The number of amides is 1. The van der Waals surface area contributed by atoms with Crippen LogP contribution in [0.1, 0.15) is 39.5 Å². The van der Waals surface area contributed by atoms with Crippen LogP contribution < -0.4 is 5.73 Å². The Bertz CT molecular complexity index is 339. The topological polar surface area (TPSA) is 86.9 Å². The summed E-state index contributed by atoms with van der Waals surface area (Å²) in [7, 11) is 0. The third-order valence-electron chi connectivity index (χ3n) is 4.04. The first-order valence-electron chi connectivity index (χ1n) is 7.88. The summed E-state index contributed by atoms with van der Waals surface area (Å²) in [6.45, 7) is 7.49. The summed E-state index contributed by atoms with van der Waals surface area (Å²) in [6.07, 6.45) is 3.00. The van der Waals surface area contributed by atoms with E-state index in [1.54, 1.807) is 0 Å². The van der Waals surface area contributed by atoms with E-state index in [4.69, 9.17) is 10.8 Å². The number of carbonyl (C=O) groups is 2. The van der Waals surface area contributed by atoms with Crippen molar-refractivity contribution in [1.29, 1.82) is 0 Å². The van der Waals surface area contributed by atoms with Gasteiger partial charge in [-0.3, -0.25) is 14.5 Å². The molecule has 1 aliphatic heterocycles. The first-order chi connectivity index (χ1) is 9.90. The molecule has 3 N–H and O–H groups in total. The summed E-state index contributed by atoms with van der Waals surface area (Å²) in [5.41, 5.74) is 5.72. The van der Waals surface area contributed by atoms with Crippen LogP contribution in [0.2, 0.25) is 0 Å². The highest BCUT2D eigenvalue weighted by Crippen LogP contribution is 2.14. The fraction of sp³-hybridized carbons (Fsp3) is 0.867. The van der Waals surface area contributed by atoms with Crippen LogP contribution in [0.4, 0.5) is 0 Å². The lowest BCUT2D eigenvalue weighted by molar-refractivity contribution is -0.139. The van der Waals surface area contributed by atoms with Gasteiger partial charge in [-0.05, 0) is 19.8 Å². The van der Waals surface area contributed by atoms with Gasteiger partial charge in [-0.2, -0.15) is 0 Å². The lowest BCUT2D eigenvalue weighted by atomic mass is 10.0. The fourth-order valence-corrected chi connectivity index (χ4v) is 2.63. The third kappa shape index (κ3) is 6.91. The molecule has 6 heteroatoms. The average Bonchev–Trinajstić information content (AvgIpc) is 2.44. The van der Waals surface area contributed by atoms with E-state index in [9.17, 15) is 9.59 Å². The molecule has 6 nitrogen and oxygen atoms in total. The number of carboxylic acids is 1. The maximum atomic E-state index is 12.3. The van der Waals surface area contributed by atoms with Gasteiger partial charge in [0.15, 0.2) is 0 Å². The lowest BCUT2D eigenvalue weighted by Gasteiger charge is -2.35. The van der Waals surface area contributed by atoms with E-state index >= 15 is 0 Å². The molecular formula is C15H29N3O3. The Morgan fingerprint density at radius 1 is 1.14 bits per heavy atom. The van der Waals surface area contributed by atoms with E-state index < -0.39 is 5.97 Å². The Labute approximate surface area is 127 Å². The van der Waals surface area contributed by atoms with E-state index in [-0.39, 0.29) is 24.3 Å². The first-order valence-corrected chi connectivity index (χ1v) is 7.88. The smallest absolute Gasteiger partial charge is 0.304 e. The van der Waals surface area contributed by atoms with Gasteiger partial charge in [0.05, 0.1) is 6.42 Å². The van der Waals surface area contributed by atoms with Crippen molar-refractivity contribution < 1.29 is 14.7 Å². The van der Waals surface area contributed by atoms with Crippen LogP contribution in [0.5, 0.6) is 0 Å². The summed E-state index contributed by atoms with van der Waals surface area (Å²) >= 11 is 0. The fourth-order valence-electron chi connectivity index (χ4n) is 2.63. The maximum Gasteiger partial charge on any atom is 0.304 e.